The number of hydrogen-bond donors (Lipinski definition) is 2. The number of nitrogens with one attached hydrogen (secondary N) is 2. The summed E-state index contributed by atoms with van der Waals surface area (Å²) in [7, 11) is 3.18. The van der Waals surface area contributed by atoms with Crippen molar-refractivity contribution < 1.29 is 19.1 Å². The Hall–Kier alpha value is -2.86. The van der Waals surface area contributed by atoms with E-state index in [-0.39, 0.29) is 11.8 Å². The van der Waals surface area contributed by atoms with Crippen LogP contribution in [0, 0.1) is 0 Å². The highest BCUT2D eigenvalue weighted by Crippen LogP contribution is 2.17. The first-order valence-electron chi connectivity index (χ1n) is 7.96. The van der Waals surface area contributed by atoms with Crippen LogP contribution in [0.4, 0.5) is 5.69 Å². The van der Waals surface area contributed by atoms with Gasteiger partial charge in [-0.15, -0.1) is 0 Å². The molecular formula is C19H22N2O4. The van der Waals surface area contributed by atoms with E-state index < -0.39 is 0 Å². The number of carbonyl (C=O) groups is 2. The minimum Gasteiger partial charge on any atom is -0.497 e. The number of anilines is 1. The van der Waals surface area contributed by atoms with Crippen molar-refractivity contribution in [2.75, 3.05) is 32.7 Å². The molecule has 25 heavy (non-hydrogen) atoms. The number of benzene rings is 2. The Balaban J connectivity index is 2.01. The predicted molar refractivity (Wildman–Crippen MR) is 96.2 cm³/mol. The van der Waals surface area contributed by atoms with Gasteiger partial charge >= 0.3 is 0 Å². The zero-order chi connectivity index (χ0) is 18.1. The maximum Gasteiger partial charge on any atom is 0.255 e. The Bertz CT molecular complexity index is 731. The van der Waals surface area contributed by atoms with E-state index in [0.717, 1.165) is 6.42 Å². The number of amides is 2. The van der Waals surface area contributed by atoms with Gasteiger partial charge in [0.25, 0.3) is 11.8 Å². The summed E-state index contributed by atoms with van der Waals surface area (Å²) in [4.78, 5) is 24.5. The molecule has 0 heterocycles. The summed E-state index contributed by atoms with van der Waals surface area (Å²) in [5.74, 6) is 0.149. The fraction of sp³-hybridized carbons (Fsp3) is 0.263. The molecule has 2 aromatic rings. The molecule has 0 aliphatic carbocycles. The van der Waals surface area contributed by atoms with E-state index in [1.165, 1.54) is 0 Å². The van der Waals surface area contributed by atoms with Crippen LogP contribution in [0.25, 0.3) is 0 Å². The van der Waals surface area contributed by atoms with Gasteiger partial charge in [0.15, 0.2) is 0 Å². The van der Waals surface area contributed by atoms with Gasteiger partial charge in [-0.2, -0.15) is 0 Å². The molecule has 0 bridgehead atoms. The summed E-state index contributed by atoms with van der Waals surface area (Å²) in [6, 6.07) is 13.7. The number of ether oxygens (including phenoxy) is 2. The SMILES string of the molecule is COCCCNC(=O)c1cccc(C(=O)Nc2cccc(OC)c2)c1. The molecule has 2 amide bonds. The summed E-state index contributed by atoms with van der Waals surface area (Å²) in [6.45, 7) is 1.11. The van der Waals surface area contributed by atoms with Crippen molar-refractivity contribution in [1.82, 2.24) is 5.32 Å². The van der Waals surface area contributed by atoms with Crippen molar-refractivity contribution in [2.45, 2.75) is 6.42 Å². The van der Waals surface area contributed by atoms with Gasteiger partial charge in [-0.25, -0.2) is 0 Å². The van der Waals surface area contributed by atoms with Crippen LogP contribution in [-0.2, 0) is 4.74 Å². The first kappa shape index (κ1) is 18.5. The maximum absolute atomic E-state index is 12.4. The van der Waals surface area contributed by atoms with E-state index in [2.05, 4.69) is 10.6 Å². The second-order valence-electron chi connectivity index (χ2n) is 5.37. The van der Waals surface area contributed by atoms with Crippen molar-refractivity contribution in [2.24, 2.45) is 0 Å². The van der Waals surface area contributed by atoms with Gasteiger partial charge in [0.1, 0.15) is 5.75 Å². The summed E-state index contributed by atoms with van der Waals surface area (Å²) in [6.07, 6.45) is 0.734. The Labute approximate surface area is 147 Å². The lowest BCUT2D eigenvalue weighted by Crippen LogP contribution is -2.25. The van der Waals surface area contributed by atoms with Crippen molar-refractivity contribution in [3.63, 3.8) is 0 Å². The van der Waals surface area contributed by atoms with Crippen LogP contribution in [0.2, 0.25) is 0 Å². The average Bonchev–Trinajstić information content (AvgIpc) is 2.65. The predicted octanol–water partition coefficient (Wildman–Crippen LogP) is 2.71. The Kier molecular flexibility index (Phi) is 6.98. The molecule has 0 saturated heterocycles. The first-order valence-corrected chi connectivity index (χ1v) is 7.96. The molecule has 0 atom stereocenters. The van der Waals surface area contributed by atoms with Gasteiger partial charge in [0.2, 0.25) is 0 Å². The molecule has 6 nitrogen and oxygen atoms in total. The highest BCUT2D eigenvalue weighted by Gasteiger charge is 2.11. The summed E-state index contributed by atoms with van der Waals surface area (Å²) in [5, 5.41) is 5.59. The number of rotatable bonds is 8. The highest BCUT2D eigenvalue weighted by atomic mass is 16.5. The molecule has 0 unspecified atom stereocenters. The highest BCUT2D eigenvalue weighted by molar-refractivity contribution is 6.06. The third-order valence-electron chi connectivity index (χ3n) is 3.53. The zero-order valence-electron chi connectivity index (χ0n) is 14.4. The lowest BCUT2D eigenvalue weighted by atomic mass is 10.1. The summed E-state index contributed by atoms with van der Waals surface area (Å²) < 4.78 is 10.1. The van der Waals surface area contributed by atoms with Gasteiger partial charge in [0, 0.05) is 43.1 Å². The third-order valence-corrected chi connectivity index (χ3v) is 3.53. The quantitative estimate of drug-likeness (QED) is 0.723. The maximum atomic E-state index is 12.4. The Morgan fingerprint density at radius 2 is 1.68 bits per heavy atom. The molecule has 2 rings (SSSR count). The smallest absolute Gasteiger partial charge is 0.255 e. The number of methoxy groups -OCH3 is 2. The van der Waals surface area contributed by atoms with Crippen LogP contribution in [0.3, 0.4) is 0 Å². The molecule has 0 spiro atoms. The average molecular weight is 342 g/mol. The molecule has 0 radical (unpaired) electrons. The van der Waals surface area contributed by atoms with Gasteiger partial charge in [-0.1, -0.05) is 12.1 Å². The van der Waals surface area contributed by atoms with Crippen LogP contribution in [0.1, 0.15) is 27.1 Å². The second kappa shape index (κ2) is 9.44. The molecule has 132 valence electrons. The van der Waals surface area contributed by atoms with Crippen LogP contribution in [0.15, 0.2) is 48.5 Å². The molecule has 0 aromatic heterocycles. The van der Waals surface area contributed by atoms with Crippen LogP contribution in [-0.4, -0.2) is 39.2 Å². The van der Waals surface area contributed by atoms with E-state index in [9.17, 15) is 9.59 Å². The lowest BCUT2D eigenvalue weighted by molar-refractivity contribution is 0.0948. The summed E-state index contributed by atoms with van der Waals surface area (Å²) in [5.41, 5.74) is 1.47. The van der Waals surface area contributed by atoms with Gasteiger partial charge < -0.3 is 20.1 Å². The van der Waals surface area contributed by atoms with Crippen molar-refractivity contribution in [1.29, 1.82) is 0 Å². The monoisotopic (exact) mass is 342 g/mol. The summed E-state index contributed by atoms with van der Waals surface area (Å²) >= 11 is 0. The third kappa shape index (κ3) is 5.61. The zero-order valence-corrected chi connectivity index (χ0v) is 14.4. The van der Waals surface area contributed by atoms with E-state index >= 15 is 0 Å². The lowest BCUT2D eigenvalue weighted by Gasteiger charge is -2.09. The van der Waals surface area contributed by atoms with Crippen molar-refractivity contribution >= 4 is 17.5 Å². The normalized spacial score (nSPS) is 10.2. The Morgan fingerprint density at radius 3 is 2.40 bits per heavy atom. The molecule has 0 fully saturated rings. The molecule has 0 aliphatic rings. The van der Waals surface area contributed by atoms with Crippen LogP contribution < -0.4 is 15.4 Å². The minimum absolute atomic E-state index is 0.216. The van der Waals surface area contributed by atoms with Crippen molar-refractivity contribution in [3.8, 4) is 5.75 Å². The van der Waals surface area contributed by atoms with Gasteiger partial charge in [-0.3, -0.25) is 9.59 Å². The van der Waals surface area contributed by atoms with Crippen molar-refractivity contribution in [3.05, 3.63) is 59.7 Å². The number of hydrogen-bond acceptors (Lipinski definition) is 4. The van der Waals surface area contributed by atoms with Crippen LogP contribution in [0.5, 0.6) is 5.75 Å². The standard InChI is InChI=1S/C19H22N2O4/c1-24-11-5-10-20-18(22)14-6-3-7-15(12-14)19(23)21-16-8-4-9-17(13-16)25-2/h3-4,6-9,12-13H,5,10-11H2,1-2H3,(H,20,22)(H,21,23). The molecular weight excluding hydrogens is 320 g/mol. The first-order chi connectivity index (χ1) is 12.1. The Morgan fingerprint density at radius 1 is 0.960 bits per heavy atom. The van der Waals surface area contributed by atoms with Gasteiger partial charge in [0.05, 0.1) is 7.11 Å². The second-order valence-corrected chi connectivity index (χ2v) is 5.37. The van der Waals surface area contributed by atoms with Crippen LogP contribution >= 0.6 is 0 Å². The molecule has 6 heteroatoms. The largest absolute Gasteiger partial charge is 0.497 e. The molecule has 2 N–H and O–H groups in total. The fourth-order valence-electron chi connectivity index (χ4n) is 2.23. The molecule has 0 aliphatic heterocycles. The van der Waals surface area contributed by atoms with E-state index in [1.807, 2.05) is 0 Å². The number of carbonyl (C=O) groups excluding carboxylic acids is 2. The molecule has 2 aromatic carbocycles. The minimum atomic E-state index is -0.290. The van der Waals surface area contributed by atoms with E-state index in [4.69, 9.17) is 9.47 Å². The van der Waals surface area contributed by atoms with E-state index in [1.54, 1.807) is 62.8 Å². The topological polar surface area (TPSA) is 76.7 Å². The van der Waals surface area contributed by atoms with E-state index in [0.29, 0.717) is 35.7 Å². The fourth-order valence-corrected chi connectivity index (χ4v) is 2.23. The van der Waals surface area contributed by atoms with Gasteiger partial charge in [-0.05, 0) is 36.8 Å². The molecule has 0 saturated carbocycles.